The Kier molecular flexibility index (Phi) is 1.88. The summed E-state index contributed by atoms with van der Waals surface area (Å²) in [6.45, 7) is 3.95. The van der Waals surface area contributed by atoms with Crippen molar-refractivity contribution in [3.8, 4) is 0 Å². The van der Waals surface area contributed by atoms with E-state index in [9.17, 15) is 4.79 Å². The van der Waals surface area contributed by atoms with Crippen molar-refractivity contribution in [2.24, 2.45) is 5.84 Å². The fraction of sp³-hybridized carbons (Fsp3) is 0.462. The van der Waals surface area contributed by atoms with Gasteiger partial charge in [-0.05, 0) is 37.8 Å². The molecule has 2 N–H and O–H groups in total. The van der Waals surface area contributed by atoms with E-state index >= 15 is 0 Å². The first kappa shape index (κ1) is 10.6. The van der Waals surface area contributed by atoms with Gasteiger partial charge in [-0.3, -0.25) is 0 Å². The van der Waals surface area contributed by atoms with Crippen molar-refractivity contribution in [2.75, 3.05) is 0 Å². The number of hydrazine groups is 1. The van der Waals surface area contributed by atoms with Gasteiger partial charge < -0.3 is 4.74 Å². The molecule has 90 valence electrons. The molecule has 2 unspecified atom stereocenters. The predicted molar refractivity (Wildman–Crippen MR) is 63.0 cm³/mol. The molecule has 0 aromatic heterocycles. The lowest BCUT2D eigenvalue weighted by Gasteiger charge is -2.45. The number of ether oxygens (including phenoxy) is 1. The van der Waals surface area contributed by atoms with Crippen LogP contribution in [0.2, 0.25) is 0 Å². The van der Waals surface area contributed by atoms with Gasteiger partial charge in [-0.1, -0.05) is 24.3 Å². The summed E-state index contributed by atoms with van der Waals surface area (Å²) in [5, 5.41) is 1.24. The fourth-order valence-corrected chi connectivity index (χ4v) is 3.07. The van der Waals surface area contributed by atoms with Crippen molar-refractivity contribution in [1.82, 2.24) is 5.01 Å². The van der Waals surface area contributed by atoms with Gasteiger partial charge in [-0.15, -0.1) is 0 Å². The lowest BCUT2D eigenvalue weighted by Crippen LogP contribution is -2.57. The van der Waals surface area contributed by atoms with Gasteiger partial charge in [0.1, 0.15) is 11.1 Å². The van der Waals surface area contributed by atoms with E-state index in [1.807, 2.05) is 32.0 Å². The van der Waals surface area contributed by atoms with E-state index in [-0.39, 0.29) is 0 Å². The van der Waals surface area contributed by atoms with Crippen LogP contribution in [0.5, 0.6) is 0 Å². The normalized spacial score (nSPS) is 35.2. The zero-order chi connectivity index (χ0) is 12.3. The molecule has 1 aromatic rings. The van der Waals surface area contributed by atoms with E-state index in [2.05, 4.69) is 6.07 Å². The quantitative estimate of drug-likeness (QED) is 0.549. The maximum Gasteiger partial charge on any atom is 0.425 e. The van der Waals surface area contributed by atoms with E-state index in [1.54, 1.807) is 0 Å². The third-order valence-electron chi connectivity index (χ3n) is 4.43. The van der Waals surface area contributed by atoms with Gasteiger partial charge >= 0.3 is 6.09 Å². The van der Waals surface area contributed by atoms with E-state index in [4.69, 9.17) is 10.6 Å². The van der Waals surface area contributed by atoms with Crippen LogP contribution in [-0.2, 0) is 16.7 Å². The highest BCUT2D eigenvalue weighted by Crippen LogP contribution is 2.51. The lowest BCUT2D eigenvalue weighted by molar-refractivity contribution is -0.00976. The molecule has 4 heteroatoms. The average molecular weight is 232 g/mol. The molecule has 3 rings (SSSR count). The van der Waals surface area contributed by atoms with Crippen LogP contribution in [0.1, 0.15) is 31.4 Å². The molecule has 1 amide bonds. The standard InChI is InChI=1S/C13H16N2O2/c1-12-8-7-9-5-3-4-6-10(9)13(12,2)15(14)11(16)17-12/h3-6H,7-8,14H2,1-2H3. The SMILES string of the molecule is CC12CCc3ccccc3C1(C)N(N)C(=O)O2. The van der Waals surface area contributed by atoms with Gasteiger partial charge in [-0.25, -0.2) is 15.6 Å². The van der Waals surface area contributed by atoms with Crippen LogP contribution in [0.15, 0.2) is 24.3 Å². The zero-order valence-corrected chi connectivity index (χ0v) is 10.1. The molecule has 0 saturated carbocycles. The van der Waals surface area contributed by atoms with Gasteiger partial charge in [0, 0.05) is 0 Å². The second-order valence-electron chi connectivity index (χ2n) is 5.20. The minimum atomic E-state index is -0.571. The second-order valence-corrected chi connectivity index (χ2v) is 5.20. The number of nitrogens with two attached hydrogens (primary N) is 1. The summed E-state index contributed by atoms with van der Waals surface area (Å²) in [5.74, 6) is 5.93. The number of hydrogen-bond acceptors (Lipinski definition) is 3. The monoisotopic (exact) mass is 232 g/mol. The number of amides is 1. The summed E-state index contributed by atoms with van der Waals surface area (Å²) < 4.78 is 5.49. The minimum absolute atomic E-state index is 0.438. The molecule has 4 nitrogen and oxygen atoms in total. The minimum Gasteiger partial charge on any atom is -0.439 e. The molecule has 1 aromatic carbocycles. The van der Waals surface area contributed by atoms with E-state index in [0.717, 1.165) is 18.4 Å². The van der Waals surface area contributed by atoms with Crippen LogP contribution in [0.4, 0.5) is 4.79 Å². The first-order chi connectivity index (χ1) is 7.99. The summed E-state index contributed by atoms with van der Waals surface area (Å²) >= 11 is 0. The first-order valence-corrected chi connectivity index (χ1v) is 5.85. The zero-order valence-electron chi connectivity index (χ0n) is 10.1. The number of fused-ring (bicyclic) bond motifs is 3. The molecule has 2 atom stereocenters. The molecular formula is C13H16N2O2. The number of hydrogen-bond donors (Lipinski definition) is 1. The molecule has 1 heterocycles. The van der Waals surface area contributed by atoms with E-state index < -0.39 is 17.2 Å². The van der Waals surface area contributed by atoms with E-state index in [1.165, 1.54) is 10.6 Å². The molecule has 17 heavy (non-hydrogen) atoms. The van der Waals surface area contributed by atoms with Gasteiger partial charge in [0.15, 0.2) is 0 Å². The summed E-state index contributed by atoms with van der Waals surface area (Å²) in [5.41, 5.74) is 1.25. The largest absolute Gasteiger partial charge is 0.439 e. The molecular weight excluding hydrogens is 216 g/mol. The summed E-state index contributed by atoms with van der Waals surface area (Å²) in [6, 6.07) is 8.13. The predicted octanol–water partition coefficient (Wildman–Crippen LogP) is 1.93. The Morgan fingerprint density at radius 1 is 1.35 bits per heavy atom. The smallest absolute Gasteiger partial charge is 0.425 e. The second kappa shape index (κ2) is 3.01. The van der Waals surface area contributed by atoms with Crippen molar-refractivity contribution < 1.29 is 9.53 Å². The third-order valence-corrected chi connectivity index (χ3v) is 4.43. The molecule has 1 saturated heterocycles. The van der Waals surface area contributed by atoms with Gasteiger partial charge in [0.05, 0.1) is 0 Å². The number of carbonyl (C=O) groups excluding carboxylic acids is 1. The van der Waals surface area contributed by atoms with Crippen molar-refractivity contribution >= 4 is 6.09 Å². The third kappa shape index (κ3) is 1.08. The molecule has 1 aliphatic heterocycles. The fourth-order valence-electron chi connectivity index (χ4n) is 3.07. The van der Waals surface area contributed by atoms with Gasteiger partial charge in [-0.2, -0.15) is 0 Å². The Morgan fingerprint density at radius 3 is 2.82 bits per heavy atom. The Bertz CT molecular complexity index is 502. The Hall–Kier alpha value is -1.55. The Balaban J connectivity index is 2.25. The highest BCUT2D eigenvalue weighted by molar-refractivity contribution is 5.73. The number of nitrogens with zero attached hydrogens (tertiary/aromatic N) is 1. The average Bonchev–Trinajstić information content (AvgIpc) is 2.50. The van der Waals surface area contributed by atoms with E-state index in [0.29, 0.717) is 0 Å². The molecule has 1 fully saturated rings. The Labute approximate surface area is 100 Å². The van der Waals surface area contributed by atoms with Crippen LogP contribution in [0.3, 0.4) is 0 Å². The molecule has 0 spiro atoms. The molecule has 1 aliphatic carbocycles. The number of benzene rings is 1. The van der Waals surface area contributed by atoms with Crippen LogP contribution in [0.25, 0.3) is 0 Å². The van der Waals surface area contributed by atoms with Crippen LogP contribution in [0, 0.1) is 0 Å². The molecule has 0 radical (unpaired) electrons. The lowest BCUT2D eigenvalue weighted by atomic mass is 9.68. The van der Waals surface area contributed by atoms with Gasteiger partial charge in [0.25, 0.3) is 0 Å². The van der Waals surface area contributed by atoms with Crippen LogP contribution >= 0.6 is 0 Å². The van der Waals surface area contributed by atoms with Crippen molar-refractivity contribution in [3.63, 3.8) is 0 Å². The number of rotatable bonds is 0. The van der Waals surface area contributed by atoms with Gasteiger partial charge in [0.2, 0.25) is 0 Å². The Morgan fingerprint density at radius 2 is 2.06 bits per heavy atom. The number of aryl methyl sites for hydroxylation is 1. The highest BCUT2D eigenvalue weighted by atomic mass is 16.6. The highest BCUT2D eigenvalue weighted by Gasteiger charge is 2.62. The maximum absolute atomic E-state index is 11.7. The van der Waals surface area contributed by atoms with Crippen LogP contribution in [-0.4, -0.2) is 16.7 Å². The summed E-state index contributed by atoms with van der Waals surface area (Å²) in [6.07, 6.45) is 1.29. The van der Waals surface area contributed by atoms with Crippen LogP contribution < -0.4 is 5.84 Å². The maximum atomic E-state index is 11.7. The van der Waals surface area contributed by atoms with Crippen molar-refractivity contribution in [1.29, 1.82) is 0 Å². The summed E-state index contributed by atoms with van der Waals surface area (Å²) in [7, 11) is 0. The van der Waals surface area contributed by atoms with Crippen molar-refractivity contribution in [3.05, 3.63) is 35.4 Å². The van der Waals surface area contributed by atoms with Crippen molar-refractivity contribution in [2.45, 2.75) is 37.8 Å². The summed E-state index contributed by atoms with van der Waals surface area (Å²) in [4.78, 5) is 11.7. The first-order valence-electron chi connectivity index (χ1n) is 5.85. The molecule has 2 aliphatic rings. The number of carbonyl (C=O) groups is 1. The topological polar surface area (TPSA) is 55.6 Å². The molecule has 0 bridgehead atoms.